The lowest BCUT2D eigenvalue weighted by Gasteiger charge is -2.38. The normalized spacial score (nSPS) is 36.0. The highest BCUT2D eigenvalue weighted by atomic mass is 15.2. The fourth-order valence-electron chi connectivity index (χ4n) is 2.86. The Morgan fingerprint density at radius 3 is 2.42 bits per heavy atom. The van der Waals surface area contributed by atoms with Crippen molar-refractivity contribution in [2.24, 2.45) is 5.41 Å². The van der Waals surface area contributed by atoms with Crippen LogP contribution in [0.25, 0.3) is 0 Å². The van der Waals surface area contributed by atoms with E-state index in [2.05, 4.69) is 24.2 Å². The van der Waals surface area contributed by atoms with Gasteiger partial charge in [-0.1, -0.05) is 0 Å². The van der Waals surface area contributed by atoms with Crippen LogP contribution in [0.4, 0.5) is 0 Å². The fourth-order valence-corrected chi connectivity index (χ4v) is 2.86. The van der Waals surface area contributed by atoms with E-state index in [4.69, 9.17) is 0 Å². The van der Waals surface area contributed by atoms with Gasteiger partial charge in [-0.25, -0.2) is 0 Å². The summed E-state index contributed by atoms with van der Waals surface area (Å²) in [7, 11) is 2.27. The van der Waals surface area contributed by atoms with Crippen LogP contribution in [-0.4, -0.2) is 37.6 Å². The van der Waals surface area contributed by atoms with Crippen LogP contribution in [-0.2, 0) is 0 Å². The van der Waals surface area contributed by atoms with Crippen LogP contribution >= 0.6 is 0 Å². The summed E-state index contributed by atoms with van der Waals surface area (Å²) < 4.78 is 0. The van der Waals surface area contributed by atoms with E-state index in [9.17, 15) is 0 Å². The van der Waals surface area contributed by atoms with E-state index in [1.165, 1.54) is 38.9 Å². The summed E-state index contributed by atoms with van der Waals surface area (Å²) in [6.07, 6.45) is 4.20. The van der Waals surface area contributed by atoms with Gasteiger partial charge >= 0.3 is 0 Å². The Hall–Kier alpha value is -0.0800. The monoisotopic (exact) mass is 168 g/mol. The van der Waals surface area contributed by atoms with Crippen molar-refractivity contribution in [3.05, 3.63) is 0 Å². The minimum atomic E-state index is 0.667. The summed E-state index contributed by atoms with van der Waals surface area (Å²) in [5.74, 6) is 0. The molecule has 12 heavy (non-hydrogen) atoms. The summed E-state index contributed by atoms with van der Waals surface area (Å²) in [6.45, 7) is 6.18. The van der Waals surface area contributed by atoms with E-state index in [1.807, 2.05) is 0 Å². The summed E-state index contributed by atoms with van der Waals surface area (Å²) in [5.41, 5.74) is 0.667. The lowest BCUT2D eigenvalue weighted by molar-refractivity contribution is 0.142. The molecule has 0 bridgehead atoms. The molecule has 1 atom stereocenters. The Morgan fingerprint density at radius 2 is 1.92 bits per heavy atom. The van der Waals surface area contributed by atoms with Gasteiger partial charge in [-0.05, 0) is 58.3 Å². The van der Waals surface area contributed by atoms with Gasteiger partial charge in [0, 0.05) is 6.04 Å². The molecule has 0 aliphatic carbocycles. The highest BCUT2D eigenvalue weighted by Gasteiger charge is 2.43. The second-order valence-corrected chi connectivity index (χ2v) is 4.52. The molecule has 70 valence electrons. The van der Waals surface area contributed by atoms with Crippen molar-refractivity contribution in [3.8, 4) is 0 Å². The first-order chi connectivity index (χ1) is 5.75. The Kier molecular flexibility index (Phi) is 2.13. The van der Waals surface area contributed by atoms with Crippen molar-refractivity contribution in [1.82, 2.24) is 10.2 Å². The molecule has 0 saturated carbocycles. The minimum Gasteiger partial charge on any atom is -0.317 e. The van der Waals surface area contributed by atoms with Crippen LogP contribution in [0.3, 0.4) is 0 Å². The van der Waals surface area contributed by atoms with Crippen molar-refractivity contribution in [3.63, 3.8) is 0 Å². The highest BCUT2D eigenvalue weighted by Crippen LogP contribution is 2.42. The molecule has 0 aromatic heterocycles. The van der Waals surface area contributed by atoms with Gasteiger partial charge in [0.2, 0.25) is 0 Å². The Bertz CT molecular complexity index is 156. The molecule has 2 aliphatic rings. The van der Waals surface area contributed by atoms with Crippen LogP contribution in [0.5, 0.6) is 0 Å². The van der Waals surface area contributed by atoms with Crippen molar-refractivity contribution < 1.29 is 0 Å². The Labute approximate surface area is 75.3 Å². The van der Waals surface area contributed by atoms with E-state index < -0.39 is 0 Å². The van der Waals surface area contributed by atoms with Gasteiger partial charge in [0.1, 0.15) is 0 Å². The molecule has 2 heterocycles. The molecular weight excluding hydrogens is 148 g/mol. The molecule has 1 spiro atoms. The van der Waals surface area contributed by atoms with E-state index in [-0.39, 0.29) is 0 Å². The summed E-state index contributed by atoms with van der Waals surface area (Å²) in [4.78, 5) is 2.52. The summed E-state index contributed by atoms with van der Waals surface area (Å²) in [5, 5.41) is 3.45. The standard InChI is InChI=1S/C10H20N2/c1-9-10(5-8-12(9)2)3-6-11-7-4-10/h9,11H,3-8H2,1-2H3. The lowest BCUT2D eigenvalue weighted by Crippen LogP contribution is -2.43. The Morgan fingerprint density at radius 1 is 1.25 bits per heavy atom. The van der Waals surface area contributed by atoms with Crippen LogP contribution in [0.15, 0.2) is 0 Å². The van der Waals surface area contributed by atoms with Gasteiger partial charge in [-0.3, -0.25) is 0 Å². The molecule has 2 fully saturated rings. The molecule has 2 nitrogen and oxygen atoms in total. The lowest BCUT2D eigenvalue weighted by atomic mass is 9.73. The second kappa shape index (κ2) is 3.00. The number of rotatable bonds is 0. The average molecular weight is 168 g/mol. The van der Waals surface area contributed by atoms with E-state index in [0.29, 0.717) is 5.41 Å². The first kappa shape index (κ1) is 8.52. The van der Waals surface area contributed by atoms with E-state index in [0.717, 1.165) is 6.04 Å². The van der Waals surface area contributed by atoms with Crippen molar-refractivity contribution in [1.29, 1.82) is 0 Å². The fraction of sp³-hybridized carbons (Fsp3) is 1.00. The minimum absolute atomic E-state index is 0.667. The Balaban J connectivity index is 2.09. The largest absolute Gasteiger partial charge is 0.317 e. The number of nitrogens with zero attached hydrogens (tertiary/aromatic N) is 1. The number of likely N-dealkylation sites (tertiary alicyclic amines) is 1. The zero-order valence-corrected chi connectivity index (χ0v) is 8.27. The molecule has 2 rings (SSSR count). The van der Waals surface area contributed by atoms with Crippen molar-refractivity contribution in [2.45, 2.75) is 32.2 Å². The summed E-state index contributed by atoms with van der Waals surface area (Å²) in [6, 6.07) is 0.805. The number of hydrogen-bond donors (Lipinski definition) is 1. The quantitative estimate of drug-likeness (QED) is 0.582. The number of nitrogens with one attached hydrogen (secondary N) is 1. The highest BCUT2D eigenvalue weighted by molar-refractivity contribution is 4.97. The molecule has 1 N–H and O–H groups in total. The first-order valence-electron chi connectivity index (χ1n) is 5.16. The second-order valence-electron chi connectivity index (χ2n) is 4.52. The zero-order valence-electron chi connectivity index (χ0n) is 8.27. The van der Waals surface area contributed by atoms with Crippen LogP contribution < -0.4 is 5.32 Å². The number of piperidine rings is 1. The molecule has 2 aliphatic heterocycles. The van der Waals surface area contributed by atoms with Crippen LogP contribution in [0, 0.1) is 5.41 Å². The predicted octanol–water partition coefficient (Wildman–Crippen LogP) is 1.08. The predicted molar refractivity (Wildman–Crippen MR) is 51.2 cm³/mol. The first-order valence-corrected chi connectivity index (χ1v) is 5.16. The molecule has 2 saturated heterocycles. The van der Waals surface area contributed by atoms with E-state index >= 15 is 0 Å². The number of hydrogen-bond acceptors (Lipinski definition) is 2. The smallest absolute Gasteiger partial charge is 0.0122 e. The maximum atomic E-state index is 3.45. The maximum absolute atomic E-state index is 3.45. The zero-order chi connectivity index (χ0) is 8.60. The van der Waals surface area contributed by atoms with Gasteiger partial charge in [-0.2, -0.15) is 0 Å². The molecule has 0 aromatic carbocycles. The van der Waals surface area contributed by atoms with Crippen molar-refractivity contribution in [2.75, 3.05) is 26.7 Å². The van der Waals surface area contributed by atoms with Crippen LogP contribution in [0.2, 0.25) is 0 Å². The third kappa shape index (κ3) is 1.17. The maximum Gasteiger partial charge on any atom is 0.0122 e. The van der Waals surface area contributed by atoms with Gasteiger partial charge in [0.15, 0.2) is 0 Å². The van der Waals surface area contributed by atoms with Crippen molar-refractivity contribution >= 4 is 0 Å². The third-order valence-corrected chi connectivity index (χ3v) is 4.11. The average Bonchev–Trinajstić information content (AvgIpc) is 2.37. The molecule has 0 radical (unpaired) electrons. The van der Waals surface area contributed by atoms with E-state index in [1.54, 1.807) is 0 Å². The topological polar surface area (TPSA) is 15.3 Å². The molecule has 0 aromatic rings. The molecule has 1 unspecified atom stereocenters. The SMILES string of the molecule is CC1N(C)CCC12CCNCC2. The van der Waals surface area contributed by atoms with Crippen LogP contribution in [0.1, 0.15) is 26.2 Å². The van der Waals surface area contributed by atoms with Gasteiger partial charge in [0.25, 0.3) is 0 Å². The van der Waals surface area contributed by atoms with Gasteiger partial charge in [0.05, 0.1) is 0 Å². The third-order valence-electron chi connectivity index (χ3n) is 4.11. The molecule has 2 heteroatoms. The molecule has 0 amide bonds. The molecular formula is C10H20N2. The summed E-state index contributed by atoms with van der Waals surface area (Å²) >= 11 is 0. The van der Waals surface area contributed by atoms with Gasteiger partial charge in [-0.15, -0.1) is 0 Å². The van der Waals surface area contributed by atoms with Gasteiger partial charge < -0.3 is 10.2 Å².